The SMILES string of the molecule is Cc1ccc(SCc2nccn2C(F)F)c(C)c1. The van der Waals surface area contributed by atoms with E-state index in [9.17, 15) is 8.78 Å². The highest BCUT2D eigenvalue weighted by Crippen LogP contribution is 2.27. The summed E-state index contributed by atoms with van der Waals surface area (Å²) in [4.78, 5) is 5.06. The van der Waals surface area contributed by atoms with Crippen molar-refractivity contribution in [3.8, 4) is 0 Å². The molecule has 5 heteroatoms. The summed E-state index contributed by atoms with van der Waals surface area (Å²) in [6.45, 7) is 1.53. The predicted octanol–water partition coefficient (Wildman–Crippen LogP) is 4.19. The molecule has 1 aromatic heterocycles. The van der Waals surface area contributed by atoms with Gasteiger partial charge in [-0.3, -0.25) is 4.57 Å². The summed E-state index contributed by atoms with van der Waals surface area (Å²) in [5, 5.41) is 0. The number of aryl methyl sites for hydroxylation is 2. The van der Waals surface area contributed by atoms with Gasteiger partial charge >= 0.3 is 6.55 Å². The van der Waals surface area contributed by atoms with Gasteiger partial charge in [-0.1, -0.05) is 17.7 Å². The first-order valence-electron chi connectivity index (χ1n) is 5.58. The average Bonchev–Trinajstić information content (AvgIpc) is 2.76. The minimum absolute atomic E-state index is 0.398. The molecule has 0 saturated heterocycles. The number of imidazole rings is 1. The molecule has 18 heavy (non-hydrogen) atoms. The van der Waals surface area contributed by atoms with Gasteiger partial charge in [0.15, 0.2) is 0 Å². The third-order valence-electron chi connectivity index (χ3n) is 2.65. The summed E-state index contributed by atoms with van der Waals surface area (Å²) < 4.78 is 26.2. The third-order valence-corrected chi connectivity index (χ3v) is 3.82. The van der Waals surface area contributed by atoms with Crippen molar-refractivity contribution in [2.45, 2.75) is 31.0 Å². The predicted molar refractivity (Wildman–Crippen MR) is 69.0 cm³/mol. The lowest BCUT2D eigenvalue weighted by Gasteiger charge is -2.08. The summed E-state index contributed by atoms with van der Waals surface area (Å²) >= 11 is 1.53. The molecular weight excluding hydrogens is 254 g/mol. The van der Waals surface area contributed by atoms with Crippen LogP contribution in [-0.2, 0) is 5.75 Å². The number of rotatable bonds is 4. The Hall–Kier alpha value is -1.36. The smallest absolute Gasteiger partial charge is 0.277 e. The molecule has 0 spiro atoms. The molecule has 0 aliphatic rings. The minimum Gasteiger partial charge on any atom is -0.277 e. The van der Waals surface area contributed by atoms with Gasteiger partial charge in [-0.2, -0.15) is 8.78 Å². The number of hydrogen-bond donors (Lipinski definition) is 0. The molecule has 1 heterocycles. The molecule has 1 aromatic carbocycles. The standard InChI is InChI=1S/C13H14F2N2S/c1-9-3-4-11(10(2)7-9)18-8-12-16-5-6-17(12)13(14)15/h3-7,13H,8H2,1-2H3. The van der Waals surface area contributed by atoms with E-state index in [-0.39, 0.29) is 0 Å². The molecule has 0 fully saturated rings. The van der Waals surface area contributed by atoms with Crippen molar-refractivity contribution in [3.05, 3.63) is 47.5 Å². The van der Waals surface area contributed by atoms with Gasteiger partial charge in [-0.05, 0) is 25.5 Å². The minimum atomic E-state index is -2.53. The lowest BCUT2D eigenvalue weighted by molar-refractivity contribution is 0.0678. The van der Waals surface area contributed by atoms with Gasteiger partial charge in [0.2, 0.25) is 0 Å². The van der Waals surface area contributed by atoms with Crippen LogP contribution in [0, 0.1) is 13.8 Å². The lowest BCUT2D eigenvalue weighted by atomic mass is 10.2. The van der Waals surface area contributed by atoms with Crippen LogP contribution in [0.15, 0.2) is 35.5 Å². The zero-order valence-corrected chi connectivity index (χ0v) is 11.0. The van der Waals surface area contributed by atoms with Crippen molar-refractivity contribution in [2.24, 2.45) is 0 Å². The molecule has 0 aliphatic carbocycles. The third kappa shape index (κ3) is 2.90. The number of aromatic nitrogens is 2. The van der Waals surface area contributed by atoms with Crippen LogP contribution in [0.1, 0.15) is 23.5 Å². The van der Waals surface area contributed by atoms with Crippen LogP contribution in [0.5, 0.6) is 0 Å². The van der Waals surface area contributed by atoms with Crippen LogP contribution in [0.3, 0.4) is 0 Å². The van der Waals surface area contributed by atoms with Gasteiger partial charge in [0.25, 0.3) is 0 Å². The first-order valence-corrected chi connectivity index (χ1v) is 6.56. The average molecular weight is 268 g/mol. The van der Waals surface area contributed by atoms with Gasteiger partial charge in [0.05, 0.1) is 5.75 Å². The van der Waals surface area contributed by atoms with Crippen LogP contribution >= 0.6 is 11.8 Å². The van der Waals surface area contributed by atoms with E-state index in [1.165, 1.54) is 29.7 Å². The molecule has 0 amide bonds. The van der Waals surface area contributed by atoms with Gasteiger partial charge in [-0.25, -0.2) is 4.98 Å². The number of halogens is 2. The van der Waals surface area contributed by atoms with Gasteiger partial charge < -0.3 is 0 Å². The molecular formula is C13H14F2N2S. The second-order valence-corrected chi connectivity index (χ2v) is 5.10. The molecule has 96 valence electrons. The molecule has 0 bridgehead atoms. The fraction of sp³-hybridized carbons (Fsp3) is 0.308. The zero-order valence-electron chi connectivity index (χ0n) is 10.2. The van der Waals surface area contributed by atoms with E-state index < -0.39 is 6.55 Å². The molecule has 0 saturated carbocycles. The Labute approximate surface area is 109 Å². The molecule has 0 N–H and O–H groups in total. The first kappa shape index (κ1) is 13.1. The molecule has 2 nitrogen and oxygen atoms in total. The number of thioether (sulfide) groups is 1. The Morgan fingerprint density at radius 3 is 2.78 bits per heavy atom. The molecule has 2 rings (SSSR count). The topological polar surface area (TPSA) is 17.8 Å². The highest BCUT2D eigenvalue weighted by molar-refractivity contribution is 7.98. The number of hydrogen-bond acceptors (Lipinski definition) is 2. The van der Waals surface area contributed by atoms with Gasteiger partial charge in [0.1, 0.15) is 5.82 Å². The summed E-state index contributed by atoms with van der Waals surface area (Å²) in [5.74, 6) is 0.844. The Morgan fingerprint density at radius 1 is 1.33 bits per heavy atom. The quantitative estimate of drug-likeness (QED) is 0.774. The molecule has 2 aromatic rings. The Balaban J connectivity index is 2.09. The summed E-state index contributed by atoms with van der Waals surface area (Å²) in [5.41, 5.74) is 2.36. The fourth-order valence-electron chi connectivity index (χ4n) is 1.74. The second-order valence-electron chi connectivity index (χ2n) is 4.09. The van der Waals surface area contributed by atoms with Crippen molar-refractivity contribution in [1.29, 1.82) is 0 Å². The summed E-state index contributed by atoms with van der Waals surface area (Å²) in [6, 6.07) is 6.13. The molecule has 0 aliphatic heterocycles. The fourth-order valence-corrected chi connectivity index (χ4v) is 2.70. The highest BCUT2D eigenvalue weighted by Gasteiger charge is 2.11. The summed E-state index contributed by atoms with van der Waals surface area (Å²) in [7, 11) is 0. The van der Waals surface area contributed by atoms with Crippen molar-refractivity contribution in [2.75, 3.05) is 0 Å². The van der Waals surface area contributed by atoms with E-state index in [1.807, 2.05) is 26.0 Å². The lowest BCUT2D eigenvalue weighted by Crippen LogP contribution is -2.02. The first-order chi connectivity index (χ1) is 8.58. The van der Waals surface area contributed by atoms with E-state index in [1.54, 1.807) is 0 Å². The second kappa shape index (κ2) is 5.52. The number of alkyl halides is 2. The Bertz CT molecular complexity index is 538. The van der Waals surface area contributed by atoms with Crippen LogP contribution in [-0.4, -0.2) is 9.55 Å². The van der Waals surface area contributed by atoms with Crippen molar-refractivity contribution in [3.63, 3.8) is 0 Å². The Kier molecular flexibility index (Phi) is 4.01. The van der Waals surface area contributed by atoms with Crippen molar-refractivity contribution < 1.29 is 8.78 Å². The normalized spacial score (nSPS) is 11.2. The maximum atomic E-state index is 12.6. The number of nitrogens with zero attached hydrogens (tertiary/aromatic N) is 2. The van der Waals surface area contributed by atoms with E-state index in [0.717, 1.165) is 15.0 Å². The van der Waals surface area contributed by atoms with Crippen molar-refractivity contribution in [1.82, 2.24) is 9.55 Å². The molecule has 0 atom stereocenters. The van der Waals surface area contributed by atoms with Crippen LogP contribution in [0.2, 0.25) is 0 Å². The van der Waals surface area contributed by atoms with Crippen LogP contribution in [0.4, 0.5) is 8.78 Å². The van der Waals surface area contributed by atoms with E-state index in [4.69, 9.17) is 0 Å². The van der Waals surface area contributed by atoms with Crippen molar-refractivity contribution >= 4 is 11.8 Å². The van der Waals surface area contributed by atoms with Gasteiger partial charge in [0, 0.05) is 17.3 Å². The van der Waals surface area contributed by atoms with E-state index in [2.05, 4.69) is 11.1 Å². The number of benzene rings is 1. The van der Waals surface area contributed by atoms with E-state index >= 15 is 0 Å². The summed E-state index contributed by atoms with van der Waals surface area (Å²) in [6.07, 6.45) is 2.71. The van der Waals surface area contributed by atoms with Crippen LogP contribution < -0.4 is 0 Å². The maximum absolute atomic E-state index is 12.6. The molecule has 0 radical (unpaired) electrons. The Morgan fingerprint density at radius 2 is 2.11 bits per heavy atom. The van der Waals surface area contributed by atoms with E-state index in [0.29, 0.717) is 11.6 Å². The monoisotopic (exact) mass is 268 g/mol. The van der Waals surface area contributed by atoms with Crippen LogP contribution in [0.25, 0.3) is 0 Å². The van der Waals surface area contributed by atoms with Gasteiger partial charge in [-0.15, -0.1) is 11.8 Å². The largest absolute Gasteiger partial charge is 0.319 e. The zero-order chi connectivity index (χ0) is 13.1. The maximum Gasteiger partial charge on any atom is 0.319 e. The highest BCUT2D eigenvalue weighted by atomic mass is 32.2. The molecule has 0 unspecified atom stereocenters.